The molecule has 2 fully saturated rings. The number of likely N-dealkylation sites (tertiary alicyclic amines) is 1. The zero-order valence-electron chi connectivity index (χ0n) is 13.9. The van der Waals surface area contributed by atoms with Crippen LogP contribution in [0.3, 0.4) is 0 Å². The maximum absolute atomic E-state index is 12.0. The van der Waals surface area contributed by atoms with E-state index in [1.807, 2.05) is 18.2 Å². The first kappa shape index (κ1) is 16.2. The summed E-state index contributed by atoms with van der Waals surface area (Å²) in [5.41, 5.74) is 1.05. The molecule has 1 aromatic heterocycles. The molecule has 2 aliphatic rings. The highest BCUT2D eigenvalue weighted by atomic mass is 32.1. The van der Waals surface area contributed by atoms with Gasteiger partial charge < -0.3 is 4.90 Å². The molecule has 0 atom stereocenters. The number of piperidine rings is 1. The molecule has 2 aromatic rings. The number of carbonyl (C=O) groups excluding carboxylic acids is 3. The second kappa shape index (κ2) is 6.20. The van der Waals surface area contributed by atoms with Crippen molar-refractivity contribution in [2.24, 2.45) is 0 Å². The number of likely N-dealkylation sites (N-methyl/N-ethyl adjacent to an activating group) is 1. The number of hydrogen-bond acceptors (Lipinski definition) is 5. The van der Waals surface area contributed by atoms with E-state index in [9.17, 15) is 14.4 Å². The number of fused-ring (bicyclic) bond motifs is 1. The van der Waals surface area contributed by atoms with E-state index < -0.39 is 17.8 Å². The molecule has 0 saturated carbocycles. The lowest BCUT2D eigenvalue weighted by atomic mass is 9.98. The Balaban J connectivity index is 1.39. The third-order valence-corrected chi connectivity index (χ3v) is 6.18. The minimum atomic E-state index is -0.742. The van der Waals surface area contributed by atoms with Gasteiger partial charge in [-0.25, -0.2) is 14.7 Å². The summed E-state index contributed by atoms with van der Waals surface area (Å²) in [6.45, 7) is 1.98. The monoisotopic (exact) mass is 359 g/mol. The van der Waals surface area contributed by atoms with E-state index in [0.29, 0.717) is 5.92 Å². The number of nitrogens with zero attached hydrogens (tertiary/aromatic N) is 3. The number of amides is 4. The van der Waals surface area contributed by atoms with Crippen LogP contribution in [0.25, 0.3) is 10.2 Å². The average molecular weight is 359 g/mol. The predicted molar refractivity (Wildman–Crippen MR) is 92.2 cm³/mol. The highest BCUT2D eigenvalue weighted by molar-refractivity contribution is 7.18. The number of thiazole rings is 1. The fourth-order valence-electron chi connectivity index (χ4n) is 3.47. The van der Waals surface area contributed by atoms with Gasteiger partial charge in [0.05, 0.1) is 28.3 Å². The molecule has 1 aromatic carbocycles. The van der Waals surface area contributed by atoms with E-state index in [2.05, 4.69) is 6.07 Å². The summed E-state index contributed by atoms with van der Waals surface area (Å²) in [6, 6.07) is 7.64. The van der Waals surface area contributed by atoms with Gasteiger partial charge in [0, 0.05) is 25.8 Å². The van der Waals surface area contributed by atoms with E-state index in [4.69, 9.17) is 4.98 Å². The van der Waals surface area contributed by atoms with Gasteiger partial charge in [0.15, 0.2) is 6.67 Å². The molecule has 4 amide bonds. The molecule has 2 aliphatic heterocycles. The lowest BCUT2D eigenvalue weighted by Crippen LogP contribution is -3.14. The first-order chi connectivity index (χ1) is 12.0. The largest absolute Gasteiger partial charge is 0.338 e. The molecule has 0 radical (unpaired) electrons. The first-order valence-electron chi connectivity index (χ1n) is 8.37. The Morgan fingerprint density at radius 2 is 1.88 bits per heavy atom. The molecule has 7 nitrogen and oxygen atoms in total. The zero-order chi connectivity index (χ0) is 17.6. The maximum atomic E-state index is 12.0. The number of urea groups is 1. The van der Waals surface area contributed by atoms with Crippen LogP contribution in [-0.4, -0.2) is 59.4 Å². The zero-order valence-corrected chi connectivity index (χ0v) is 14.7. The summed E-state index contributed by atoms with van der Waals surface area (Å²) in [4.78, 5) is 43.3. The van der Waals surface area contributed by atoms with Crippen molar-refractivity contribution in [2.75, 3.05) is 26.8 Å². The highest BCUT2D eigenvalue weighted by Gasteiger charge is 2.44. The van der Waals surface area contributed by atoms with Crippen LogP contribution in [0.1, 0.15) is 23.8 Å². The van der Waals surface area contributed by atoms with Crippen molar-refractivity contribution in [3.63, 3.8) is 0 Å². The molecule has 130 valence electrons. The fourth-order valence-corrected chi connectivity index (χ4v) is 4.61. The van der Waals surface area contributed by atoms with Crippen LogP contribution in [0.4, 0.5) is 4.79 Å². The van der Waals surface area contributed by atoms with Crippen molar-refractivity contribution in [1.82, 2.24) is 14.8 Å². The van der Waals surface area contributed by atoms with Crippen LogP contribution in [0.15, 0.2) is 24.3 Å². The second-order valence-corrected chi connectivity index (χ2v) is 7.64. The van der Waals surface area contributed by atoms with Gasteiger partial charge in [-0.1, -0.05) is 12.1 Å². The summed E-state index contributed by atoms with van der Waals surface area (Å²) in [7, 11) is 1.34. The summed E-state index contributed by atoms with van der Waals surface area (Å²) in [6.07, 6.45) is 1.93. The minimum absolute atomic E-state index is 0.264. The number of quaternary nitrogens is 1. The van der Waals surface area contributed by atoms with Gasteiger partial charge in [-0.05, 0) is 12.1 Å². The Bertz CT molecular complexity index is 823. The van der Waals surface area contributed by atoms with Gasteiger partial charge >= 0.3 is 17.8 Å². The second-order valence-electron chi connectivity index (χ2n) is 6.58. The molecule has 25 heavy (non-hydrogen) atoms. The summed E-state index contributed by atoms with van der Waals surface area (Å²) in [5.74, 6) is -1.03. The van der Waals surface area contributed by atoms with Crippen molar-refractivity contribution in [2.45, 2.75) is 18.8 Å². The van der Waals surface area contributed by atoms with Gasteiger partial charge in [0.1, 0.15) is 0 Å². The Morgan fingerprint density at radius 1 is 1.16 bits per heavy atom. The number of hydrogen-bond donors (Lipinski definition) is 1. The van der Waals surface area contributed by atoms with Gasteiger partial charge in [0.2, 0.25) is 0 Å². The molecule has 0 aliphatic carbocycles. The minimum Gasteiger partial charge on any atom is -0.317 e. The molecule has 8 heteroatoms. The lowest BCUT2D eigenvalue weighted by molar-refractivity contribution is -0.912. The Morgan fingerprint density at radius 3 is 2.52 bits per heavy atom. The van der Waals surface area contributed by atoms with Crippen LogP contribution in [0.2, 0.25) is 0 Å². The Hall–Kier alpha value is -2.32. The maximum Gasteiger partial charge on any atom is 0.338 e. The van der Waals surface area contributed by atoms with Crippen molar-refractivity contribution < 1.29 is 19.3 Å². The number of para-hydroxylation sites is 1. The van der Waals surface area contributed by atoms with Crippen LogP contribution < -0.4 is 4.90 Å². The van der Waals surface area contributed by atoms with E-state index in [1.54, 1.807) is 11.3 Å². The van der Waals surface area contributed by atoms with Crippen LogP contribution >= 0.6 is 11.3 Å². The van der Waals surface area contributed by atoms with Crippen molar-refractivity contribution in [1.29, 1.82) is 0 Å². The van der Waals surface area contributed by atoms with E-state index in [0.717, 1.165) is 46.1 Å². The van der Waals surface area contributed by atoms with Gasteiger partial charge in [0.25, 0.3) is 0 Å². The summed E-state index contributed by atoms with van der Waals surface area (Å²) >= 11 is 1.75. The number of rotatable bonds is 3. The van der Waals surface area contributed by atoms with Crippen LogP contribution in [0, 0.1) is 0 Å². The summed E-state index contributed by atoms with van der Waals surface area (Å²) < 4.78 is 1.21. The van der Waals surface area contributed by atoms with Gasteiger partial charge in [-0.3, -0.25) is 14.5 Å². The molecule has 0 bridgehead atoms. The van der Waals surface area contributed by atoms with Crippen molar-refractivity contribution in [3.05, 3.63) is 29.3 Å². The van der Waals surface area contributed by atoms with Crippen LogP contribution in [0.5, 0.6) is 0 Å². The number of nitrogens with one attached hydrogen (secondary N) is 1. The number of carbonyl (C=O) groups is 3. The molecule has 2 saturated heterocycles. The molecular weight excluding hydrogens is 340 g/mol. The third-order valence-electron chi connectivity index (χ3n) is 4.98. The molecule has 1 N–H and O–H groups in total. The number of imide groups is 2. The highest BCUT2D eigenvalue weighted by Crippen LogP contribution is 2.31. The van der Waals surface area contributed by atoms with Crippen molar-refractivity contribution in [3.8, 4) is 0 Å². The molecular formula is C17H19N4O3S+. The Kier molecular flexibility index (Phi) is 4.01. The van der Waals surface area contributed by atoms with Gasteiger partial charge in [-0.15, -0.1) is 11.3 Å². The third kappa shape index (κ3) is 2.81. The predicted octanol–water partition coefficient (Wildman–Crippen LogP) is 0.437. The van der Waals surface area contributed by atoms with Gasteiger partial charge in [-0.2, -0.15) is 0 Å². The fraction of sp³-hybridized carbons (Fsp3) is 0.412. The number of benzene rings is 1. The smallest absolute Gasteiger partial charge is 0.317 e. The standard InChI is InChI=1S/C17H18N4O3S/c1-19-15(22)16(23)21(17(19)24)10-20-8-6-11(7-9-20)14-18-12-4-2-3-5-13(12)25-14/h2-5,11H,6-10H2,1H3/p+1. The molecule has 3 heterocycles. The van der Waals surface area contributed by atoms with E-state index in [-0.39, 0.29) is 6.67 Å². The lowest BCUT2D eigenvalue weighted by Gasteiger charge is -2.29. The van der Waals surface area contributed by atoms with E-state index >= 15 is 0 Å². The number of aromatic nitrogens is 1. The average Bonchev–Trinajstić information content (AvgIpc) is 3.14. The van der Waals surface area contributed by atoms with E-state index in [1.165, 1.54) is 16.8 Å². The molecule has 0 unspecified atom stereocenters. The normalized spacial score (nSPS) is 24.6. The molecule has 0 spiro atoms. The molecule has 4 rings (SSSR count). The quantitative estimate of drug-likeness (QED) is 0.637. The Labute approximate surface area is 148 Å². The van der Waals surface area contributed by atoms with Crippen molar-refractivity contribution >= 4 is 39.4 Å². The SMILES string of the molecule is CN1C(=O)C(=O)N(C[NH+]2CCC(c3nc4ccccc4s3)CC2)C1=O. The first-order valence-corrected chi connectivity index (χ1v) is 9.19. The topological polar surface area (TPSA) is 75.0 Å². The van der Waals surface area contributed by atoms with Crippen LogP contribution in [-0.2, 0) is 9.59 Å². The summed E-state index contributed by atoms with van der Waals surface area (Å²) in [5, 5.41) is 1.17.